The molecule has 2 rings (SSSR count). The van der Waals surface area contributed by atoms with Crippen molar-refractivity contribution in [3.63, 3.8) is 0 Å². The number of carbonyl (C=O) groups is 2. The van der Waals surface area contributed by atoms with Crippen LogP contribution in [0.4, 0.5) is 5.69 Å². The Morgan fingerprint density at radius 3 is 2.62 bits per heavy atom. The van der Waals surface area contributed by atoms with Gasteiger partial charge in [-0.2, -0.15) is 0 Å². The molecule has 0 aliphatic heterocycles. The van der Waals surface area contributed by atoms with E-state index in [1.165, 1.54) is 18.2 Å². The maximum Gasteiger partial charge on any atom is 0.338 e. The third kappa shape index (κ3) is 5.44. The first-order valence-electron chi connectivity index (χ1n) is 7.19. The van der Waals surface area contributed by atoms with E-state index in [9.17, 15) is 9.59 Å². The normalized spacial score (nSPS) is 10.2. The summed E-state index contributed by atoms with van der Waals surface area (Å²) >= 11 is 11.7. The number of hydrogen-bond acceptors (Lipinski definition) is 4. The molecule has 0 radical (unpaired) electrons. The molecule has 0 unspecified atom stereocenters. The van der Waals surface area contributed by atoms with Crippen molar-refractivity contribution < 1.29 is 14.3 Å². The van der Waals surface area contributed by atoms with Crippen molar-refractivity contribution in [2.24, 2.45) is 0 Å². The molecule has 1 amide bonds. The highest BCUT2D eigenvalue weighted by Crippen LogP contribution is 2.19. The Morgan fingerprint density at radius 2 is 1.92 bits per heavy atom. The van der Waals surface area contributed by atoms with E-state index >= 15 is 0 Å². The molecule has 126 valence electrons. The molecule has 3 N–H and O–H groups in total. The minimum Gasteiger partial charge on any atom is -0.452 e. The molecule has 0 spiro atoms. The van der Waals surface area contributed by atoms with Crippen molar-refractivity contribution in [2.45, 2.75) is 6.42 Å². The monoisotopic (exact) mass is 366 g/mol. The second-order valence-corrected chi connectivity index (χ2v) is 5.89. The third-order valence-electron chi connectivity index (χ3n) is 3.19. The number of nitrogens with two attached hydrogens (primary N) is 1. The Morgan fingerprint density at radius 1 is 1.12 bits per heavy atom. The van der Waals surface area contributed by atoms with Crippen LogP contribution in [0.1, 0.15) is 15.9 Å². The smallest absolute Gasteiger partial charge is 0.338 e. The van der Waals surface area contributed by atoms with Crippen LogP contribution in [-0.4, -0.2) is 25.0 Å². The van der Waals surface area contributed by atoms with E-state index in [1.807, 2.05) is 18.2 Å². The lowest BCUT2D eigenvalue weighted by Crippen LogP contribution is -2.30. The molecular weight excluding hydrogens is 351 g/mol. The highest BCUT2D eigenvalue weighted by Gasteiger charge is 2.11. The van der Waals surface area contributed by atoms with Gasteiger partial charge in [0.2, 0.25) is 0 Å². The number of nitrogen functional groups attached to an aromatic ring is 1. The lowest BCUT2D eigenvalue weighted by atomic mass is 10.1. The van der Waals surface area contributed by atoms with Gasteiger partial charge in [-0.25, -0.2) is 4.79 Å². The summed E-state index contributed by atoms with van der Waals surface area (Å²) < 4.78 is 4.94. The van der Waals surface area contributed by atoms with Gasteiger partial charge in [0.05, 0.1) is 16.3 Å². The first-order chi connectivity index (χ1) is 11.5. The molecule has 0 bridgehead atoms. The zero-order chi connectivity index (χ0) is 17.5. The van der Waals surface area contributed by atoms with Gasteiger partial charge in [0.1, 0.15) is 0 Å². The minimum atomic E-state index is -0.636. The zero-order valence-electron chi connectivity index (χ0n) is 12.7. The molecule has 0 aromatic heterocycles. The first kappa shape index (κ1) is 18.1. The van der Waals surface area contributed by atoms with E-state index in [1.54, 1.807) is 6.07 Å². The number of halogens is 2. The summed E-state index contributed by atoms with van der Waals surface area (Å²) in [5.74, 6) is -1.02. The summed E-state index contributed by atoms with van der Waals surface area (Å²) in [7, 11) is 0. The van der Waals surface area contributed by atoms with Crippen LogP contribution in [0.3, 0.4) is 0 Å². The van der Waals surface area contributed by atoms with Crippen LogP contribution < -0.4 is 11.1 Å². The first-order valence-corrected chi connectivity index (χ1v) is 7.94. The SMILES string of the molecule is Nc1cc(C(=O)OCC(=O)NCCc2cccc(Cl)c2)ccc1Cl. The van der Waals surface area contributed by atoms with Gasteiger partial charge in [-0.3, -0.25) is 4.79 Å². The summed E-state index contributed by atoms with van der Waals surface area (Å²) in [6.45, 7) is 0.0571. The van der Waals surface area contributed by atoms with Gasteiger partial charge in [-0.05, 0) is 42.3 Å². The molecule has 0 fully saturated rings. The Balaban J connectivity index is 1.74. The standard InChI is InChI=1S/C17H16Cl2N2O3/c18-13-3-1-2-11(8-13)6-7-21-16(22)10-24-17(23)12-4-5-14(19)15(20)9-12/h1-5,8-9H,6-7,10,20H2,(H,21,22). The average molecular weight is 367 g/mol. The molecular formula is C17H16Cl2N2O3. The number of anilines is 1. The van der Waals surface area contributed by atoms with Gasteiger partial charge in [0.25, 0.3) is 5.91 Å². The number of amides is 1. The van der Waals surface area contributed by atoms with Crippen LogP contribution in [0.25, 0.3) is 0 Å². The molecule has 2 aromatic carbocycles. The summed E-state index contributed by atoms with van der Waals surface area (Å²) in [5.41, 5.74) is 7.14. The fourth-order valence-electron chi connectivity index (χ4n) is 1.97. The molecule has 0 saturated carbocycles. The van der Waals surface area contributed by atoms with Crippen LogP contribution in [0.5, 0.6) is 0 Å². The van der Waals surface area contributed by atoms with Gasteiger partial charge < -0.3 is 15.8 Å². The van der Waals surface area contributed by atoms with Gasteiger partial charge in [0, 0.05) is 11.6 Å². The zero-order valence-corrected chi connectivity index (χ0v) is 14.2. The Kier molecular flexibility index (Phi) is 6.46. The lowest BCUT2D eigenvalue weighted by Gasteiger charge is -2.07. The van der Waals surface area contributed by atoms with E-state index in [0.717, 1.165) is 5.56 Å². The second kappa shape index (κ2) is 8.57. The largest absolute Gasteiger partial charge is 0.452 e. The highest BCUT2D eigenvalue weighted by molar-refractivity contribution is 6.33. The molecule has 0 saturated heterocycles. The van der Waals surface area contributed by atoms with Crippen LogP contribution in [0.2, 0.25) is 10.0 Å². The molecule has 7 heteroatoms. The van der Waals surface area contributed by atoms with Gasteiger partial charge in [-0.1, -0.05) is 35.3 Å². The van der Waals surface area contributed by atoms with Crippen molar-refractivity contribution in [2.75, 3.05) is 18.9 Å². The molecule has 0 aliphatic rings. The van der Waals surface area contributed by atoms with E-state index in [2.05, 4.69) is 5.32 Å². The summed E-state index contributed by atoms with van der Waals surface area (Å²) in [6, 6.07) is 11.8. The maximum absolute atomic E-state index is 11.8. The van der Waals surface area contributed by atoms with Crippen LogP contribution >= 0.6 is 23.2 Å². The predicted octanol–water partition coefficient (Wildman–Crippen LogP) is 3.09. The molecule has 0 atom stereocenters. The molecule has 2 aromatic rings. The average Bonchev–Trinajstić information content (AvgIpc) is 2.55. The van der Waals surface area contributed by atoms with Crippen molar-refractivity contribution >= 4 is 40.8 Å². The van der Waals surface area contributed by atoms with Gasteiger partial charge in [-0.15, -0.1) is 0 Å². The van der Waals surface area contributed by atoms with Crippen LogP contribution in [-0.2, 0) is 16.0 Å². The van der Waals surface area contributed by atoms with Crippen molar-refractivity contribution in [3.8, 4) is 0 Å². The number of ether oxygens (including phenoxy) is 1. The fourth-order valence-corrected chi connectivity index (χ4v) is 2.31. The summed E-state index contributed by atoms with van der Waals surface area (Å²) in [5, 5.41) is 3.67. The lowest BCUT2D eigenvalue weighted by molar-refractivity contribution is -0.124. The number of rotatable bonds is 6. The van der Waals surface area contributed by atoms with Crippen LogP contribution in [0.15, 0.2) is 42.5 Å². The van der Waals surface area contributed by atoms with E-state index < -0.39 is 5.97 Å². The maximum atomic E-state index is 11.8. The van der Waals surface area contributed by atoms with Gasteiger partial charge in [0.15, 0.2) is 6.61 Å². The fraction of sp³-hybridized carbons (Fsp3) is 0.176. The number of esters is 1. The number of nitrogens with one attached hydrogen (secondary N) is 1. The molecule has 0 aliphatic carbocycles. The molecule has 24 heavy (non-hydrogen) atoms. The molecule has 0 heterocycles. The van der Waals surface area contributed by atoms with E-state index in [-0.39, 0.29) is 23.8 Å². The Hall–Kier alpha value is -2.24. The third-order valence-corrected chi connectivity index (χ3v) is 3.77. The predicted molar refractivity (Wildman–Crippen MR) is 94.3 cm³/mol. The Bertz CT molecular complexity index is 750. The second-order valence-electron chi connectivity index (χ2n) is 5.04. The quantitative estimate of drug-likeness (QED) is 0.607. The summed E-state index contributed by atoms with van der Waals surface area (Å²) in [6.07, 6.45) is 0.633. The van der Waals surface area contributed by atoms with Gasteiger partial charge >= 0.3 is 5.97 Å². The minimum absolute atomic E-state index is 0.239. The Labute approximate surface area is 149 Å². The van der Waals surface area contributed by atoms with Crippen LogP contribution in [0, 0.1) is 0 Å². The van der Waals surface area contributed by atoms with E-state index in [4.69, 9.17) is 33.7 Å². The number of benzene rings is 2. The van der Waals surface area contributed by atoms with Crippen molar-refractivity contribution in [1.29, 1.82) is 0 Å². The number of carbonyl (C=O) groups excluding carboxylic acids is 2. The number of hydrogen-bond donors (Lipinski definition) is 2. The highest BCUT2D eigenvalue weighted by atomic mass is 35.5. The van der Waals surface area contributed by atoms with E-state index in [0.29, 0.717) is 23.0 Å². The topological polar surface area (TPSA) is 81.4 Å². The van der Waals surface area contributed by atoms with Crippen molar-refractivity contribution in [1.82, 2.24) is 5.32 Å². The summed E-state index contributed by atoms with van der Waals surface area (Å²) in [4.78, 5) is 23.5. The molecule has 5 nitrogen and oxygen atoms in total. The van der Waals surface area contributed by atoms with Crippen molar-refractivity contribution in [3.05, 3.63) is 63.6 Å².